The molecule has 6 rings (SSSR count). The molecule has 1 aromatic carbocycles. The van der Waals surface area contributed by atoms with E-state index in [-0.39, 0.29) is 30.2 Å². The second kappa shape index (κ2) is 12.5. The minimum Gasteiger partial charge on any atom is -0.494 e. The molecule has 5 heterocycles. The SMILES string of the molecule is CCOc1ccc(N2CC=C[C@@]3(C)O[C@]45C=CCN(CCN6CCOCC6)C(=O)C4N([C@@H](CO)C(C)C)C(=O)[C@@H]5[C@H]3C2=O)cc1. The maximum Gasteiger partial charge on any atom is 0.249 e. The molecule has 1 N–H and O–H groups in total. The van der Waals surface area contributed by atoms with Crippen LogP contribution in [0, 0.1) is 17.8 Å². The maximum absolute atomic E-state index is 14.7. The van der Waals surface area contributed by atoms with Crippen LogP contribution in [0.3, 0.4) is 0 Å². The zero-order chi connectivity index (χ0) is 31.9. The first-order chi connectivity index (χ1) is 21.6. The fraction of sp³-hybridized carbons (Fsp3) is 0.618. The third-order valence-corrected chi connectivity index (χ3v) is 10.1. The minimum absolute atomic E-state index is 0.131. The van der Waals surface area contributed by atoms with Crippen molar-refractivity contribution in [2.24, 2.45) is 17.8 Å². The van der Waals surface area contributed by atoms with Crippen LogP contribution in [0.4, 0.5) is 5.69 Å². The van der Waals surface area contributed by atoms with Gasteiger partial charge in [-0.15, -0.1) is 0 Å². The summed E-state index contributed by atoms with van der Waals surface area (Å²) < 4.78 is 18.1. The van der Waals surface area contributed by atoms with Crippen LogP contribution in [0.5, 0.6) is 5.75 Å². The van der Waals surface area contributed by atoms with Gasteiger partial charge >= 0.3 is 0 Å². The number of carbonyl (C=O) groups excluding carboxylic acids is 3. The second-order valence-corrected chi connectivity index (χ2v) is 13.2. The van der Waals surface area contributed by atoms with Gasteiger partial charge in [-0.1, -0.05) is 38.2 Å². The molecule has 0 aliphatic carbocycles. The first-order valence-electron chi connectivity index (χ1n) is 16.3. The second-order valence-electron chi connectivity index (χ2n) is 13.2. The fourth-order valence-corrected chi connectivity index (χ4v) is 7.89. The largest absolute Gasteiger partial charge is 0.494 e. The Bertz CT molecular complexity index is 1340. The molecule has 1 unspecified atom stereocenters. The third-order valence-electron chi connectivity index (χ3n) is 10.1. The highest BCUT2D eigenvalue weighted by Crippen LogP contribution is 2.58. The van der Waals surface area contributed by atoms with E-state index < -0.39 is 35.1 Å². The van der Waals surface area contributed by atoms with Crippen molar-refractivity contribution in [2.45, 2.75) is 51.0 Å². The van der Waals surface area contributed by atoms with Crippen LogP contribution in [0.1, 0.15) is 27.7 Å². The Morgan fingerprint density at radius 3 is 2.33 bits per heavy atom. The molecular weight excluding hydrogens is 576 g/mol. The molecule has 0 bridgehead atoms. The number of hydrogen-bond acceptors (Lipinski definition) is 8. The van der Waals surface area contributed by atoms with Gasteiger partial charge in [0.2, 0.25) is 17.7 Å². The normalized spacial score (nSPS) is 32.4. The third kappa shape index (κ3) is 5.37. The molecule has 244 valence electrons. The zero-order valence-electron chi connectivity index (χ0n) is 26.8. The summed E-state index contributed by atoms with van der Waals surface area (Å²) in [5.74, 6) is -2.03. The van der Waals surface area contributed by atoms with Gasteiger partial charge in [-0.3, -0.25) is 19.3 Å². The quantitative estimate of drug-likeness (QED) is 0.415. The molecular formula is C34H46N4O7. The van der Waals surface area contributed by atoms with Gasteiger partial charge in [0, 0.05) is 45.0 Å². The molecule has 1 spiro atoms. The monoisotopic (exact) mass is 622 g/mol. The number of morpholine rings is 1. The van der Waals surface area contributed by atoms with E-state index in [2.05, 4.69) is 4.90 Å². The number of likely N-dealkylation sites (tertiary alicyclic amines) is 1. The Morgan fingerprint density at radius 1 is 0.956 bits per heavy atom. The van der Waals surface area contributed by atoms with Crippen molar-refractivity contribution in [3.63, 3.8) is 0 Å². The smallest absolute Gasteiger partial charge is 0.249 e. The van der Waals surface area contributed by atoms with Crippen molar-refractivity contribution in [3.05, 3.63) is 48.6 Å². The summed E-state index contributed by atoms with van der Waals surface area (Å²) in [6.07, 6.45) is 7.57. The molecule has 0 radical (unpaired) electrons. The predicted molar refractivity (Wildman–Crippen MR) is 168 cm³/mol. The van der Waals surface area contributed by atoms with E-state index in [1.165, 1.54) is 0 Å². The summed E-state index contributed by atoms with van der Waals surface area (Å²) in [5.41, 5.74) is -1.80. The molecule has 45 heavy (non-hydrogen) atoms. The standard InChI is InChI=1S/C34H46N4O7/c1-5-44-25-10-8-24(9-11-25)37-15-6-12-33(4)27(30(37)40)28-31(41)38(26(22-39)23(2)3)29-32(42)36(14-7-13-34(28,29)45-33)17-16-35-18-20-43-21-19-35/h6-13,23,26-29,39H,5,14-22H2,1-4H3/t26-,27-,28-,29?,33+,34-/m0/s1. The van der Waals surface area contributed by atoms with E-state index in [1.54, 1.807) is 14.7 Å². The average Bonchev–Trinajstić information content (AvgIpc) is 3.29. The number of hydrogen-bond donors (Lipinski definition) is 1. The van der Waals surface area contributed by atoms with E-state index >= 15 is 0 Å². The van der Waals surface area contributed by atoms with Crippen LogP contribution < -0.4 is 9.64 Å². The molecule has 6 atom stereocenters. The average molecular weight is 623 g/mol. The lowest BCUT2D eigenvalue weighted by molar-refractivity contribution is -0.155. The van der Waals surface area contributed by atoms with E-state index in [0.29, 0.717) is 57.4 Å². The molecule has 0 saturated carbocycles. The van der Waals surface area contributed by atoms with Gasteiger partial charge in [-0.2, -0.15) is 0 Å². The number of benzene rings is 1. The van der Waals surface area contributed by atoms with Crippen LogP contribution in [-0.2, 0) is 23.9 Å². The first kappa shape index (κ1) is 31.7. The number of fused-ring (bicyclic) bond motifs is 2. The van der Waals surface area contributed by atoms with E-state index in [4.69, 9.17) is 14.2 Å². The van der Waals surface area contributed by atoms with Crippen LogP contribution in [0.15, 0.2) is 48.6 Å². The molecule has 11 heteroatoms. The summed E-state index contributed by atoms with van der Waals surface area (Å²) in [6, 6.07) is 5.73. The van der Waals surface area contributed by atoms with Crippen molar-refractivity contribution in [1.82, 2.24) is 14.7 Å². The molecule has 5 aliphatic rings. The van der Waals surface area contributed by atoms with Crippen LogP contribution in [0.2, 0.25) is 0 Å². The van der Waals surface area contributed by atoms with Crippen molar-refractivity contribution in [2.75, 3.05) is 70.6 Å². The van der Waals surface area contributed by atoms with E-state index in [9.17, 15) is 19.5 Å². The summed E-state index contributed by atoms with van der Waals surface area (Å²) in [4.78, 5) is 51.3. The van der Waals surface area contributed by atoms with Crippen molar-refractivity contribution >= 4 is 23.4 Å². The number of rotatable bonds is 9. The molecule has 11 nitrogen and oxygen atoms in total. The number of amides is 3. The lowest BCUT2D eigenvalue weighted by Crippen LogP contribution is -2.60. The van der Waals surface area contributed by atoms with Gasteiger partial charge in [0.15, 0.2) is 0 Å². The number of ether oxygens (including phenoxy) is 3. The highest BCUT2D eigenvalue weighted by atomic mass is 16.5. The van der Waals surface area contributed by atoms with Crippen LogP contribution in [0.25, 0.3) is 0 Å². The molecule has 3 fully saturated rings. The number of anilines is 1. The number of aliphatic hydroxyl groups excluding tert-OH is 1. The Hall–Kier alpha value is -3.25. The van der Waals surface area contributed by atoms with Crippen LogP contribution in [-0.4, -0.2) is 127 Å². The fourth-order valence-electron chi connectivity index (χ4n) is 7.89. The van der Waals surface area contributed by atoms with Gasteiger partial charge in [0.1, 0.15) is 17.4 Å². The maximum atomic E-state index is 14.7. The molecule has 0 aromatic heterocycles. The number of aliphatic hydroxyl groups is 1. The Labute approximate surface area is 265 Å². The predicted octanol–water partition coefficient (Wildman–Crippen LogP) is 1.71. The highest BCUT2D eigenvalue weighted by Gasteiger charge is 2.75. The lowest BCUT2D eigenvalue weighted by atomic mass is 9.74. The summed E-state index contributed by atoms with van der Waals surface area (Å²) >= 11 is 0. The molecule has 1 aromatic rings. The Morgan fingerprint density at radius 2 is 1.67 bits per heavy atom. The van der Waals surface area contributed by atoms with Crippen LogP contribution >= 0.6 is 0 Å². The summed E-state index contributed by atoms with van der Waals surface area (Å²) in [7, 11) is 0. The summed E-state index contributed by atoms with van der Waals surface area (Å²) in [6.45, 7) is 12.7. The van der Waals surface area contributed by atoms with Gasteiger partial charge in [0.25, 0.3) is 0 Å². The van der Waals surface area contributed by atoms with Gasteiger partial charge in [-0.25, -0.2) is 0 Å². The van der Waals surface area contributed by atoms with Crippen molar-refractivity contribution < 1.29 is 33.7 Å². The zero-order valence-corrected chi connectivity index (χ0v) is 26.8. The minimum atomic E-state index is -1.37. The number of carbonyl (C=O) groups is 3. The Balaban J connectivity index is 1.38. The van der Waals surface area contributed by atoms with Crippen molar-refractivity contribution in [3.8, 4) is 5.75 Å². The van der Waals surface area contributed by atoms with Crippen molar-refractivity contribution in [1.29, 1.82) is 0 Å². The lowest BCUT2D eigenvalue weighted by Gasteiger charge is -2.41. The van der Waals surface area contributed by atoms with Gasteiger partial charge in [0.05, 0.1) is 49.9 Å². The first-order valence-corrected chi connectivity index (χ1v) is 16.3. The van der Waals surface area contributed by atoms with E-state index in [0.717, 1.165) is 13.1 Å². The Kier molecular flexibility index (Phi) is 8.82. The molecule has 3 amide bonds. The topological polar surface area (TPSA) is 112 Å². The van der Waals surface area contributed by atoms with Gasteiger partial charge in [-0.05, 0) is 44.0 Å². The number of nitrogens with zero attached hydrogens (tertiary/aromatic N) is 4. The molecule has 3 saturated heterocycles. The van der Waals surface area contributed by atoms with E-state index in [1.807, 2.05) is 76.3 Å². The highest BCUT2D eigenvalue weighted by molar-refractivity contribution is 6.04. The molecule has 5 aliphatic heterocycles. The summed E-state index contributed by atoms with van der Waals surface area (Å²) in [5, 5.41) is 10.6. The van der Waals surface area contributed by atoms with Gasteiger partial charge < -0.3 is 34.0 Å².